The van der Waals surface area contributed by atoms with E-state index in [0.29, 0.717) is 11.3 Å². The van der Waals surface area contributed by atoms with Gasteiger partial charge in [0.05, 0.1) is 10.5 Å². The van der Waals surface area contributed by atoms with Crippen molar-refractivity contribution in [3.63, 3.8) is 0 Å². The summed E-state index contributed by atoms with van der Waals surface area (Å²) in [6, 6.07) is 11.1. The van der Waals surface area contributed by atoms with Crippen LogP contribution in [0.3, 0.4) is 0 Å². The van der Waals surface area contributed by atoms with Gasteiger partial charge in [0.1, 0.15) is 0 Å². The van der Waals surface area contributed by atoms with Gasteiger partial charge in [0, 0.05) is 48.2 Å². The van der Waals surface area contributed by atoms with Crippen LogP contribution in [0, 0.1) is 10.1 Å². The van der Waals surface area contributed by atoms with E-state index in [1.165, 1.54) is 30.7 Å². The Morgan fingerprint density at radius 2 is 1.69 bits per heavy atom. The maximum atomic E-state index is 13.2. The third-order valence-electron chi connectivity index (χ3n) is 6.21. The van der Waals surface area contributed by atoms with E-state index in [1.807, 2.05) is 6.07 Å². The van der Waals surface area contributed by atoms with Gasteiger partial charge in [-0.1, -0.05) is 25.3 Å². The summed E-state index contributed by atoms with van der Waals surface area (Å²) in [6.07, 6.45) is 7.64. The van der Waals surface area contributed by atoms with E-state index in [1.54, 1.807) is 12.1 Å². The van der Waals surface area contributed by atoms with Crippen LogP contribution >= 0.6 is 0 Å². The van der Waals surface area contributed by atoms with Gasteiger partial charge in [0.15, 0.2) is 0 Å². The van der Waals surface area contributed by atoms with Gasteiger partial charge in [0.2, 0.25) is 0 Å². The average molecular weight is 437 g/mol. The van der Waals surface area contributed by atoms with Gasteiger partial charge in [-0.2, -0.15) is 0 Å². The van der Waals surface area contributed by atoms with Gasteiger partial charge in [-0.3, -0.25) is 19.7 Å². The summed E-state index contributed by atoms with van der Waals surface area (Å²) < 4.78 is 0. The molecule has 0 radical (unpaired) electrons. The summed E-state index contributed by atoms with van der Waals surface area (Å²) in [5.41, 5.74) is 1.96. The van der Waals surface area contributed by atoms with Gasteiger partial charge in [-0.05, 0) is 49.9 Å². The molecule has 168 valence electrons. The Labute approximate surface area is 187 Å². The molecule has 0 aromatic heterocycles. The zero-order valence-corrected chi connectivity index (χ0v) is 18.0. The second-order valence-corrected chi connectivity index (χ2v) is 8.50. The van der Waals surface area contributed by atoms with Crippen LogP contribution in [-0.2, 0) is 0 Å². The summed E-state index contributed by atoms with van der Waals surface area (Å²) in [6.45, 7) is 1.81. The number of carbonyl (C=O) groups excluding carboxylic acids is 2. The minimum absolute atomic E-state index is 0.120. The molecule has 2 aromatic carbocycles. The zero-order valence-electron chi connectivity index (χ0n) is 18.0. The van der Waals surface area contributed by atoms with E-state index in [9.17, 15) is 19.7 Å². The Balaban J connectivity index is 1.56. The Hall–Kier alpha value is -3.42. The fourth-order valence-corrected chi connectivity index (χ4v) is 4.50. The highest BCUT2D eigenvalue weighted by atomic mass is 16.6. The van der Waals surface area contributed by atoms with Crippen LogP contribution < -0.4 is 15.5 Å². The Morgan fingerprint density at radius 1 is 0.938 bits per heavy atom. The van der Waals surface area contributed by atoms with Crippen LogP contribution in [0.25, 0.3) is 0 Å². The number of benzene rings is 2. The molecule has 32 heavy (non-hydrogen) atoms. The molecule has 2 amide bonds. The number of hydrogen-bond donors (Lipinski definition) is 2. The molecular formula is C24H28N4O4. The SMILES string of the molecule is O=C(Nc1ccc(N2CCCC2)c(C(=O)NC2CCCCC2)c1)c1cccc([N+](=O)[O-])c1. The van der Waals surface area contributed by atoms with Crippen molar-refractivity contribution in [3.8, 4) is 0 Å². The first-order valence-electron chi connectivity index (χ1n) is 11.3. The molecular weight excluding hydrogens is 408 g/mol. The molecule has 1 aliphatic heterocycles. The Morgan fingerprint density at radius 3 is 2.41 bits per heavy atom. The van der Waals surface area contributed by atoms with E-state index in [2.05, 4.69) is 15.5 Å². The van der Waals surface area contributed by atoms with E-state index >= 15 is 0 Å². The molecule has 1 saturated heterocycles. The smallest absolute Gasteiger partial charge is 0.270 e. The average Bonchev–Trinajstić information content (AvgIpc) is 3.34. The number of anilines is 2. The van der Waals surface area contributed by atoms with Crippen LogP contribution in [-0.4, -0.2) is 35.9 Å². The maximum Gasteiger partial charge on any atom is 0.270 e. The molecule has 4 rings (SSSR count). The van der Waals surface area contributed by atoms with Crippen molar-refractivity contribution in [3.05, 3.63) is 63.7 Å². The van der Waals surface area contributed by atoms with E-state index in [-0.39, 0.29) is 23.2 Å². The van der Waals surface area contributed by atoms with Crippen LogP contribution in [0.5, 0.6) is 0 Å². The number of carbonyl (C=O) groups is 2. The first-order chi connectivity index (χ1) is 15.5. The van der Waals surface area contributed by atoms with Gasteiger partial charge in [-0.25, -0.2) is 0 Å². The monoisotopic (exact) mass is 436 g/mol. The molecule has 1 saturated carbocycles. The highest BCUT2D eigenvalue weighted by Gasteiger charge is 2.23. The lowest BCUT2D eigenvalue weighted by Gasteiger charge is -2.25. The number of nitrogens with zero attached hydrogens (tertiary/aromatic N) is 2. The second kappa shape index (κ2) is 9.80. The van der Waals surface area contributed by atoms with Crippen LogP contribution in [0.15, 0.2) is 42.5 Å². The van der Waals surface area contributed by atoms with Crippen molar-refractivity contribution >= 4 is 28.9 Å². The van der Waals surface area contributed by atoms with Crippen molar-refractivity contribution in [2.75, 3.05) is 23.3 Å². The van der Waals surface area contributed by atoms with Crippen LogP contribution in [0.1, 0.15) is 65.7 Å². The largest absolute Gasteiger partial charge is 0.371 e. The number of rotatable bonds is 6. The third-order valence-corrected chi connectivity index (χ3v) is 6.21. The van der Waals surface area contributed by atoms with Crippen molar-refractivity contribution in [2.45, 2.75) is 51.0 Å². The fourth-order valence-electron chi connectivity index (χ4n) is 4.50. The molecule has 2 aromatic rings. The maximum absolute atomic E-state index is 13.2. The number of amides is 2. The predicted molar refractivity (Wildman–Crippen MR) is 123 cm³/mol. The van der Waals surface area contributed by atoms with E-state index < -0.39 is 10.8 Å². The molecule has 1 heterocycles. The van der Waals surface area contributed by atoms with E-state index in [0.717, 1.165) is 57.3 Å². The molecule has 2 N–H and O–H groups in total. The molecule has 0 bridgehead atoms. The number of hydrogen-bond acceptors (Lipinski definition) is 5. The summed E-state index contributed by atoms with van der Waals surface area (Å²) in [4.78, 5) is 38.6. The summed E-state index contributed by atoms with van der Waals surface area (Å²) >= 11 is 0. The van der Waals surface area contributed by atoms with Gasteiger partial charge >= 0.3 is 0 Å². The molecule has 1 aliphatic carbocycles. The lowest BCUT2D eigenvalue weighted by atomic mass is 9.95. The molecule has 8 nitrogen and oxygen atoms in total. The minimum Gasteiger partial charge on any atom is -0.371 e. The van der Waals surface area contributed by atoms with E-state index in [4.69, 9.17) is 0 Å². The standard InChI is InChI=1S/C24H28N4O4/c29-23(17-7-6-10-20(15-17)28(31)32)26-19-11-12-22(27-13-4-5-14-27)21(16-19)24(30)25-18-8-2-1-3-9-18/h6-7,10-12,15-16,18H,1-5,8-9,13-14H2,(H,25,30)(H,26,29). The molecule has 0 unspecified atom stereocenters. The minimum atomic E-state index is -0.532. The Kier molecular flexibility index (Phi) is 6.68. The van der Waals surface area contributed by atoms with Crippen LogP contribution in [0.4, 0.5) is 17.1 Å². The lowest BCUT2D eigenvalue weighted by Crippen LogP contribution is -2.37. The molecule has 8 heteroatoms. The molecule has 0 atom stereocenters. The number of non-ortho nitro benzene ring substituents is 1. The fraction of sp³-hybridized carbons (Fsp3) is 0.417. The molecule has 2 aliphatic rings. The lowest BCUT2D eigenvalue weighted by molar-refractivity contribution is -0.384. The van der Waals surface area contributed by atoms with Crippen molar-refractivity contribution in [2.24, 2.45) is 0 Å². The third kappa shape index (κ3) is 5.07. The highest BCUT2D eigenvalue weighted by molar-refractivity contribution is 6.06. The number of nitrogens with one attached hydrogen (secondary N) is 2. The second-order valence-electron chi connectivity index (χ2n) is 8.50. The molecule has 2 fully saturated rings. The van der Waals surface area contributed by atoms with Gasteiger partial charge in [-0.15, -0.1) is 0 Å². The molecule has 0 spiro atoms. The summed E-state index contributed by atoms with van der Waals surface area (Å²) in [7, 11) is 0. The number of nitro benzene ring substituents is 1. The van der Waals surface area contributed by atoms with Crippen molar-refractivity contribution in [1.82, 2.24) is 5.32 Å². The topological polar surface area (TPSA) is 105 Å². The van der Waals surface area contributed by atoms with Crippen molar-refractivity contribution in [1.29, 1.82) is 0 Å². The normalized spacial score (nSPS) is 16.6. The highest BCUT2D eigenvalue weighted by Crippen LogP contribution is 2.29. The summed E-state index contributed by atoms with van der Waals surface area (Å²) in [5, 5.41) is 17.0. The predicted octanol–water partition coefficient (Wildman–Crippen LogP) is 4.51. The van der Waals surface area contributed by atoms with Crippen LogP contribution in [0.2, 0.25) is 0 Å². The first-order valence-corrected chi connectivity index (χ1v) is 11.3. The first kappa shape index (κ1) is 21.8. The van der Waals surface area contributed by atoms with Gasteiger partial charge in [0.25, 0.3) is 17.5 Å². The van der Waals surface area contributed by atoms with Crippen molar-refractivity contribution < 1.29 is 14.5 Å². The zero-order chi connectivity index (χ0) is 22.5. The quantitative estimate of drug-likeness (QED) is 0.512. The summed E-state index contributed by atoms with van der Waals surface area (Å²) in [5.74, 6) is -0.577. The van der Waals surface area contributed by atoms with Gasteiger partial charge < -0.3 is 15.5 Å². The Bertz CT molecular complexity index is 1010. The number of nitro groups is 1.